The van der Waals surface area contributed by atoms with Crippen molar-refractivity contribution < 1.29 is 8.83 Å². The Labute approximate surface area is 247 Å². The Kier molecular flexibility index (Phi) is 5.16. The summed E-state index contributed by atoms with van der Waals surface area (Å²) < 4.78 is 12.9. The van der Waals surface area contributed by atoms with Crippen molar-refractivity contribution in [2.24, 2.45) is 0 Å². The molecule has 0 amide bonds. The zero-order valence-electron chi connectivity index (χ0n) is 23.1. The lowest BCUT2D eigenvalue weighted by atomic mass is 10.0. The van der Waals surface area contributed by atoms with Gasteiger partial charge in [-0.3, -0.25) is 0 Å². The lowest BCUT2D eigenvalue weighted by molar-refractivity contribution is 0.654. The summed E-state index contributed by atoms with van der Waals surface area (Å²) in [7, 11) is 0. The summed E-state index contributed by atoms with van der Waals surface area (Å²) in [5, 5.41) is 6.48. The van der Waals surface area contributed by atoms with Crippen LogP contribution in [0.2, 0.25) is 0 Å². The van der Waals surface area contributed by atoms with Gasteiger partial charge in [0.15, 0.2) is 5.58 Å². The van der Waals surface area contributed by atoms with Crippen LogP contribution in [0.3, 0.4) is 0 Å². The van der Waals surface area contributed by atoms with E-state index >= 15 is 0 Å². The van der Waals surface area contributed by atoms with Crippen molar-refractivity contribution >= 4 is 71.8 Å². The van der Waals surface area contributed by atoms with Gasteiger partial charge in [-0.05, 0) is 52.9 Å². The van der Waals surface area contributed by atoms with Crippen LogP contribution in [0.1, 0.15) is 0 Å². The molecule has 0 bridgehead atoms. The van der Waals surface area contributed by atoms with E-state index < -0.39 is 0 Å². The molecular formula is C39H24N2O2. The van der Waals surface area contributed by atoms with E-state index in [0.29, 0.717) is 5.71 Å². The highest BCUT2D eigenvalue weighted by Gasteiger charge is 2.22. The van der Waals surface area contributed by atoms with Gasteiger partial charge in [-0.15, -0.1) is 0 Å². The molecule has 0 aliphatic heterocycles. The molecule has 3 heterocycles. The van der Waals surface area contributed by atoms with Gasteiger partial charge >= 0.3 is 0 Å². The summed E-state index contributed by atoms with van der Waals surface area (Å²) in [4.78, 5) is 6.97. The smallest absolute Gasteiger partial charge is 0.228 e. The van der Waals surface area contributed by atoms with Crippen molar-refractivity contribution in [2.75, 3.05) is 4.90 Å². The van der Waals surface area contributed by atoms with Crippen LogP contribution in [0.4, 0.5) is 17.1 Å². The largest absolute Gasteiger partial charge is 0.456 e. The molecule has 0 atom stereocenters. The number of nitrogens with zero attached hydrogens (tertiary/aromatic N) is 2. The van der Waals surface area contributed by atoms with Crippen molar-refractivity contribution in [3.8, 4) is 11.1 Å². The van der Waals surface area contributed by atoms with E-state index in [2.05, 4.69) is 114 Å². The first-order valence-corrected chi connectivity index (χ1v) is 14.4. The fourth-order valence-electron chi connectivity index (χ4n) is 6.32. The zero-order valence-corrected chi connectivity index (χ0v) is 23.1. The van der Waals surface area contributed by atoms with Crippen LogP contribution in [-0.2, 0) is 0 Å². The SMILES string of the molecule is c1ccc(-c2cccc(N(c3ccc4c(c3)oc3ccccc34)c3cccc4c3oc3ncc5ccccc5c34)c2)cc1. The molecule has 0 unspecified atom stereocenters. The van der Waals surface area contributed by atoms with Crippen molar-refractivity contribution in [3.05, 3.63) is 146 Å². The molecule has 4 heteroatoms. The lowest BCUT2D eigenvalue weighted by Crippen LogP contribution is -2.10. The van der Waals surface area contributed by atoms with Gasteiger partial charge in [0.1, 0.15) is 11.2 Å². The van der Waals surface area contributed by atoms with Crippen LogP contribution in [0, 0.1) is 0 Å². The summed E-state index contributed by atoms with van der Waals surface area (Å²) in [5.41, 5.74) is 8.36. The number of furan rings is 2. The molecule has 3 aromatic heterocycles. The molecule has 43 heavy (non-hydrogen) atoms. The maximum Gasteiger partial charge on any atom is 0.228 e. The Morgan fingerprint density at radius 2 is 1.21 bits per heavy atom. The number of hydrogen-bond acceptors (Lipinski definition) is 4. The molecule has 9 rings (SSSR count). The monoisotopic (exact) mass is 552 g/mol. The molecule has 202 valence electrons. The summed E-state index contributed by atoms with van der Waals surface area (Å²) in [5.74, 6) is 0. The van der Waals surface area contributed by atoms with Gasteiger partial charge < -0.3 is 13.7 Å². The van der Waals surface area contributed by atoms with Crippen molar-refractivity contribution in [1.82, 2.24) is 4.98 Å². The molecule has 0 aliphatic carbocycles. The van der Waals surface area contributed by atoms with E-state index in [1.807, 2.05) is 36.5 Å². The van der Waals surface area contributed by atoms with Crippen molar-refractivity contribution in [3.63, 3.8) is 0 Å². The maximum atomic E-state index is 6.59. The fraction of sp³-hybridized carbons (Fsp3) is 0. The van der Waals surface area contributed by atoms with Gasteiger partial charge in [0.25, 0.3) is 0 Å². The van der Waals surface area contributed by atoms with Crippen LogP contribution in [0.15, 0.2) is 155 Å². The number of benzene rings is 6. The number of aromatic nitrogens is 1. The molecule has 0 fully saturated rings. The number of rotatable bonds is 4. The zero-order chi connectivity index (χ0) is 28.3. The summed E-state index contributed by atoms with van der Waals surface area (Å²) in [6.45, 7) is 0. The molecular weight excluding hydrogens is 528 g/mol. The van der Waals surface area contributed by atoms with Crippen LogP contribution in [-0.4, -0.2) is 4.98 Å². The van der Waals surface area contributed by atoms with E-state index in [4.69, 9.17) is 13.8 Å². The third-order valence-electron chi connectivity index (χ3n) is 8.30. The standard InChI is InChI=1S/C39H24N2O2/c1-2-10-25(11-3-1)26-13-8-14-28(22-26)41(29-20-21-32-31-16-6-7-19-35(31)42-36(32)23-29)34-18-9-17-33-37-30-15-5-4-12-27(30)24-40-39(37)43-38(33)34/h1-24H. The molecule has 0 spiro atoms. The number of hydrogen-bond donors (Lipinski definition) is 0. The minimum absolute atomic E-state index is 0.631. The van der Waals surface area contributed by atoms with E-state index in [0.717, 1.165) is 77.3 Å². The van der Waals surface area contributed by atoms with Crippen LogP contribution < -0.4 is 4.90 Å². The summed E-state index contributed by atoms with van der Waals surface area (Å²) >= 11 is 0. The second-order valence-corrected chi connectivity index (χ2v) is 10.8. The van der Waals surface area contributed by atoms with Gasteiger partial charge in [-0.25, -0.2) is 4.98 Å². The normalized spacial score (nSPS) is 11.7. The summed E-state index contributed by atoms with van der Waals surface area (Å²) in [6, 6.07) is 48.4. The second-order valence-electron chi connectivity index (χ2n) is 10.8. The van der Waals surface area contributed by atoms with E-state index in [9.17, 15) is 0 Å². The third kappa shape index (κ3) is 3.74. The Hall–Kier alpha value is -5.87. The first kappa shape index (κ1) is 23.8. The quantitative estimate of drug-likeness (QED) is 0.218. The number of anilines is 3. The third-order valence-corrected chi connectivity index (χ3v) is 8.30. The molecule has 0 N–H and O–H groups in total. The van der Waals surface area contributed by atoms with E-state index in [1.165, 1.54) is 0 Å². The van der Waals surface area contributed by atoms with Gasteiger partial charge in [-0.2, -0.15) is 0 Å². The minimum atomic E-state index is 0.631. The molecule has 0 saturated heterocycles. The number of pyridine rings is 1. The first-order valence-electron chi connectivity index (χ1n) is 14.4. The molecule has 0 aliphatic rings. The predicted molar refractivity (Wildman–Crippen MR) is 176 cm³/mol. The molecule has 9 aromatic rings. The fourth-order valence-corrected chi connectivity index (χ4v) is 6.32. The average molecular weight is 553 g/mol. The van der Waals surface area contributed by atoms with Crippen LogP contribution in [0.5, 0.6) is 0 Å². The van der Waals surface area contributed by atoms with E-state index in [-0.39, 0.29) is 0 Å². The average Bonchev–Trinajstić information content (AvgIpc) is 3.64. The van der Waals surface area contributed by atoms with Gasteiger partial charge in [0, 0.05) is 39.5 Å². The molecule has 6 aromatic carbocycles. The van der Waals surface area contributed by atoms with Gasteiger partial charge in [0.05, 0.1) is 16.8 Å². The first-order chi connectivity index (χ1) is 21.3. The predicted octanol–water partition coefficient (Wildman–Crippen LogP) is 11.2. The van der Waals surface area contributed by atoms with Crippen LogP contribution in [0.25, 0.3) is 65.9 Å². The minimum Gasteiger partial charge on any atom is -0.456 e. The number of para-hydroxylation sites is 2. The topological polar surface area (TPSA) is 42.4 Å². The van der Waals surface area contributed by atoms with Crippen molar-refractivity contribution in [1.29, 1.82) is 0 Å². The number of fused-ring (bicyclic) bond motifs is 8. The Morgan fingerprint density at radius 3 is 2.14 bits per heavy atom. The summed E-state index contributed by atoms with van der Waals surface area (Å²) in [6.07, 6.45) is 1.89. The second kappa shape index (κ2) is 9.33. The Balaban J connectivity index is 1.32. The highest BCUT2D eigenvalue weighted by molar-refractivity contribution is 6.20. The maximum absolute atomic E-state index is 6.59. The van der Waals surface area contributed by atoms with Crippen molar-refractivity contribution in [2.45, 2.75) is 0 Å². The molecule has 0 saturated carbocycles. The molecule has 4 nitrogen and oxygen atoms in total. The molecule has 0 radical (unpaired) electrons. The van der Waals surface area contributed by atoms with Gasteiger partial charge in [0.2, 0.25) is 5.71 Å². The van der Waals surface area contributed by atoms with E-state index in [1.54, 1.807) is 0 Å². The Bertz CT molecular complexity index is 2470. The van der Waals surface area contributed by atoms with Crippen LogP contribution >= 0.6 is 0 Å². The Morgan fingerprint density at radius 1 is 0.488 bits per heavy atom. The van der Waals surface area contributed by atoms with Gasteiger partial charge in [-0.1, -0.05) is 97.1 Å². The highest BCUT2D eigenvalue weighted by Crippen LogP contribution is 2.45. The highest BCUT2D eigenvalue weighted by atomic mass is 16.3. The lowest BCUT2D eigenvalue weighted by Gasteiger charge is -2.26.